The van der Waals surface area contributed by atoms with Crippen LogP contribution in [0.2, 0.25) is 0 Å². The van der Waals surface area contributed by atoms with Gasteiger partial charge in [-0.05, 0) is 30.2 Å². The topological polar surface area (TPSA) is 63.9 Å². The van der Waals surface area contributed by atoms with Gasteiger partial charge in [0.05, 0.1) is 12.8 Å². The number of benzene rings is 1. The minimum absolute atomic E-state index is 0.358. The average molecular weight is 231 g/mol. The van der Waals surface area contributed by atoms with Crippen LogP contribution < -0.4 is 10.5 Å². The first-order valence-corrected chi connectivity index (χ1v) is 5.61. The molecule has 0 saturated heterocycles. The molecule has 0 spiro atoms. The van der Waals surface area contributed by atoms with Gasteiger partial charge in [0.25, 0.3) is 0 Å². The quantitative estimate of drug-likeness (QED) is 0.853. The number of hydrogen-bond acceptors (Lipinski definition) is 3. The molecule has 2 rings (SSSR count). The highest BCUT2D eigenvalue weighted by Gasteiger charge is 2.13. The zero-order chi connectivity index (χ0) is 12.4. The SMILES string of the molecule is COc1ccc(-c2nc(N)[nH]c2C(C)C)cc1. The molecule has 90 valence electrons. The molecule has 0 saturated carbocycles. The van der Waals surface area contributed by atoms with E-state index < -0.39 is 0 Å². The maximum absolute atomic E-state index is 5.72. The maximum atomic E-state index is 5.72. The highest BCUT2D eigenvalue weighted by atomic mass is 16.5. The number of H-pyrrole nitrogens is 1. The number of imidazole rings is 1. The maximum Gasteiger partial charge on any atom is 0.198 e. The van der Waals surface area contributed by atoms with Gasteiger partial charge < -0.3 is 15.5 Å². The fraction of sp³-hybridized carbons (Fsp3) is 0.308. The molecule has 0 aliphatic carbocycles. The molecule has 0 aliphatic heterocycles. The van der Waals surface area contributed by atoms with E-state index in [0.29, 0.717) is 11.9 Å². The third kappa shape index (κ3) is 2.25. The van der Waals surface area contributed by atoms with Gasteiger partial charge in [-0.15, -0.1) is 0 Å². The number of nitrogens with zero attached hydrogens (tertiary/aromatic N) is 1. The normalized spacial score (nSPS) is 10.8. The lowest BCUT2D eigenvalue weighted by Crippen LogP contribution is -1.92. The summed E-state index contributed by atoms with van der Waals surface area (Å²) in [5.41, 5.74) is 8.74. The van der Waals surface area contributed by atoms with Gasteiger partial charge in [-0.2, -0.15) is 0 Å². The highest BCUT2D eigenvalue weighted by Crippen LogP contribution is 2.28. The molecule has 1 aromatic heterocycles. The summed E-state index contributed by atoms with van der Waals surface area (Å²) in [5.74, 6) is 1.65. The molecule has 1 heterocycles. The molecule has 1 aromatic carbocycles. The van der Waals surface area contributed by atoms with Crippen LogP contribution in [0.5, 0.6) is 5.75 Å². The van der Waals surface area contributed by atoms with E-state index in [-0.39, 0.29) is 0 Å². The van der Waals surface area contributed by atoms with Crippen LogP contribution in [0.25, 0.3) is 11.3 Å². The first-order chi connectivity index (χ1) is 8.11. The van der Waals surface area contributed by atoms with Gasteiger partial charge in [-0.1, -0.05) is 13.8 Å². The zero-order valence-electron chi connectivity index (χ0n) is 10.3. The summed E-state index contributed by atoms with van der Waals surface area (Å²) in [6, 6.07) is 7.81. The van der Waals surface area contributed by atoms with E-state index in [1.807, 2.05) is 24.3 Å². The van der Waals surface area contributed by atoms with Crippen LogP contribution >= 0.6 is 0 Å². The largest absolute Gasteiger partial charge is 0.497 e. The number of methoxy groups -OCH3 is 1. The molecule has 3 N–H and O–H groups in total. The van der Waals surface area contributed by atoms with Crippen LogP contribution in [0.15, 0.2) is 24.3 Å². The van der Waals surface area contributed by atoms with Crippen molar-refractivity contribution in [1.82, 2.24) is 9.97 Å². The number of aromatic nitrogens is 2. The third-order valence-corrected chi connectivity index (χ3v) is 2.69. The molecule has 0 unspecified atom stereocenters. The van der Waals surface area contributed by atoms with Crippen molar-refractivity contribution in [2.45, 2.75) is 19.8 Å². The van der Waals surface area contributed by atoms with Crippen molar-refractivity contribution < 1.29 is 4.74 Å². The monoisotopic (exact) mass is 231 g/mol. The lowest BCUT2D eigenvalue weighted by Gasteiger charge is -2.06. The summed E-state index contributed by atoms with van der Waals surface area (Å²) in [6.45, 7) is 4.22. The number of aromatic amines is 1. The Bertz CT molecular complexity index is 500. The lowest BCUT2D eigenvalue weighted by molar-refractivity contribution is 0.415. The van der Waals surface area contributed by atoms with Gasteiger partial charge in [-0.25, -0.2) is 4.98 Å². The van der Waals surface area contributed by atoms with E-state index in [1.165, 1.54) is 0 Å². The number of anilines is 1. The summed E-state index contributed by atoms with van der Waals surface area (Å²) in [6.07, 6.45) is 0. The first-order valence-electron chi connectivity index (χ1n) is 5.61. The van der Waals surface area contributed by atoms with Gasteiger partial charge >= 0.3 is 0 Å². The summed E-state index contributed by atoms with van der Waals surface area (Å²) in [4.78, 5) is 7.45. The summed E-state index contributed by atoms with van der Waals surface area (Å²) >= 11 is 0. The summed E-state index contributed by atoms with van der Waals surface area (Å²) in [7, 11) is 1.65. The second-order valence-electron chi connectivity index (χ2n) is 4.27. The summed E-state index contributed by atoms with van der Waals surface area (Å²) < 4.78 is 5.14. The lowest BCUT2D eigenvalue weighted by atomic mass is 10.0. The number of rotatable bonds is 3. The van der Waals surface area contributed by atoms with Crippen molar-refractivity contribution in [2.75, 3.05) is 12.8 Å². The third-order valence-electron chi connectivity index (χ3n) is 2.69. The minimum Gasteiger partial charge on any atom is -0.497 e. The van der Waals surface area contributed by atoms with E-state index in [1.54, 1.807) is 7.11 Å². The zero-order valence-corrected chi connectivity index (χ0v) is 10.3. The summed E-state index contributed by atoms with van der Waals surface area (Å²) in [5, 5.41) is 0. The Labute approximate surface area is 101 Å². The molecule has 17 heavy (non-hydrogen) atoms. The molecule has 2 aromatic rings. The van der Waals surface area contributed by atoms with Gasteiger partial charge in [0.2, 0.25) is 0 Å². The minimum atomic E-state index is 0.358. The standard InChI is InChI=1S/C13H17N3O/c1-8(2)11-12(16-13(14)15-11)9-4-6-10(17-3)7-5-9/h4-8H,1-3H3,(H3,14,15,16). The second-order valence-corrected chi connectivity index (χ2v) is 4.27. The molecule has 0 bridgehead atoms. The molecule has 0 fully saturated rings. The fourth-order valence-corrected chi connectivity index (χ4v) is 1.79. The second kappa shape index (κ2) is 4.49. The van der Waals surface area contributed by atoms with Crippen molar-refractivity contribution in [3.63, 3.8) is 0 Å². The molecule has 0 aliphatic rings. The van der Waals surface area contributed by atoms with E-state index in [9.17, 15) is 0 Å². The Morgan fingerprint density at radius 1 is 1.24 bits per heavy atom. The Balaban J connectivity index is 2.44. The number of hydrogen-bond donors (Lipinski definition) is 2. The number of nitrogen functional groups attached to an aromatic ring is 1. The Hall–Kier alpha value is -1.97. The predicted molar refractivity (Wildman–Crippen MR) is 69.1 cm³/mol. The molecule has 0 atom stereocenters. The highest BCUT2D eigenvalue weighted by molar-refractivity contribution is 5.65. The smallest absolute Gasteiger partial charge is 0.198 e. The van der Waals surface area contributed by atoms with Crippen molar-refractivity contribution in [1.29, 1.82) is 0 Å². The predicted octanol–water partition coefficient (Wildman–Crippen LogP) is 2.79. The van der Waals surface area contributed by atoms with Gasteiger partial charge in [0.15, 0.2) is 5.95 Å². The van der Waals surface area contributed by atoms with E-state index in [4.69, 9.17) is 10.5 Å². The van der Waals surface area contributed by atoms with Crippen LogP contribution in [-0.4, -0.2) is 17.1 Å². The molecule has 4 nitrogen and oxygen atoms in total. The number of nitrogens with two attached hydrogens (primary N) is 1. The van der Waals surface area contributed by atoms with E-state index in [0.717, 1.165) is 22.7 Å². The van der Waals surface area contributed by atoms with Gasteiger partial charge in [0, 0.05) is 11.3 Å². The Morgan fingerprint density at radius 2 is 1.88 bits per heavy atom. The molecule has 0 radical (unpaired) electrons. The average Bonchev–Trinajstić information content (AvgIpc) is 2.72. The van der Waals surface area contributed by atoms with Gasteiger partial charge in [-0.3, -0.25) is 0 Å². The van der Waals surface area contributed by atoms with Crippen molar-refractivity contribution in [3.05, 3.63) is 30.0 Å². The molecule has 4 heteroatoms. The van der Waals surface area contributed by atoms with Crippen molar-refractivity contribution in [3.8, 4) is 17.0 Å². The van der Waals surface area contributed by atoms with Gasteiger partial charge in [0.1, 0.15) is 5.75 Å². The Kier molecular flexibility index (Phi) is 3.04. The number of nitrogens with one attached hydrogen (secondary N) is 1. The van der Waals surface area contributed by atoms with Crippen LogP contribution in [0.4, 0.5) is 5.95 Å². The van der Waals surface area contributed by atoms with Crippen LogP contribution in [0.1, 0.15) is 25.5 Å². The van der Waals surface area contributed by atoms with Crippen molar-refractivity contribution in [2.24, 2.45) is 0 Å². The molecule has 0 amide bonds. The first kappa shape index (κ1) is 11.5. The van der Waals surface area contributed by atoms with E-state index in [2.05, 4.69) is 23.8 Å². The van der Waals surface area contributed by atoms with Crippen LogP contribution in [-0.2, 0) is 0 Å². The molecular weight excluding hydrogens is 214 g/mol. The van der Waals surface area contributed by atoms with E-state index >= 15 is 0 Å². The van der Waals surface area contributed by atoms with Crippen LogP contribution in [0.3, 0.4) is 0 Å². The van der Waals surface area contributed by atoms with Crippen molar-refractivity contribution >= 4 is 5.95 Å². The Morgan fingerprint density at radius 3 is 2.41 bits per heavy atom. The van der Waals surface area contributed by atoms with Crippen LogP contribution in [0, 0.1) is 0 Å². The fourth-order valence-electron chi connectivity index (χ4n) is 1.79. The number of ether oxygens (including phenoxy) is 1. The molecular formula is C13H17N3O.